The van der Waals surface area contributed by atoms with Gasteiger partial charge in [0.1, 0.15) is 0 Å². The molecule has 0 spiro atoms. The summed E-state index contributed by atoms with van der Waals surface area (Å²) in [7, 11) is 4.05. The van der Waals surface area contributed by atoms with Gasteiger partial charge in [0.25, 0.3) is 0 Å². The highest BCUT2D eigenvalue weighted by Gasteiger charge is 2.45. The van der Waals surface area contributed by atoms with Gasteiger partial charge in [-0.1, -0.05) is 6.08 Å². The van der Waals surface area contributed by atoms with Crippen molar-refractivity contribution in [2.45, 2.75) is 0 Å². The monoisotopic (exact) mass is 325 g/mol. The van der Waals surface area contributed by atoms with Gasteiger partial charge in [-0.25, -0.2) is 0 Å². The molecule has 0 aliphatic heterocycles. The zero-order valence-corrected chi connectivity index (χ0v) is 15.3. The molecule has 0 atom stereocenters. The minimum atomic E-state index is -2.72. The normalized spacial score (nSPS) is 12.9. The quantitative estimate of drug-likeness (QED) is 0.378. The minimum absolute atomic E-state index is 0.493. The van der Waals surface area contributed by atoms with E-state index in [1.807, 2.05) is 4.90 Å². The first-order valence-electron chi connectivity index (χ1n) is 6.15. The molecule has 0 aromatic rings. The molecule has 20 heavy (non-hydrogen) atoms. The Labute approximate surface area is 124 Å². The van der Waals surface area contributed by atoms with Crippen molar-refractivity contribution < 1.29 is 26.6 Å². The van der Waals surface area contributed by atoms with Crippen LogP contribution >= 0.6 is 0 Å². The molecule has 0 saturated carbocycles. The summed E-state index contributed by atoms with van der Waals surface area (Å²) < 4.78 is 32.6. The maximum atomic E-state index is 5.44. The van der Waals surface area contributed by atoms with Crippen LogP contribution in [0.3, 0.4) is 0 Å². The maximum absolute atomic E-state index is 5.44. The molecule has 0 rings (SSSR count). The fourth-order valence-corrected chi connectivity index (χ4v) is 5.38. The highest BCUT2D eigenvalue weighted by molar-refractivity contribution is 6.62. The fraction of sp³-hybridized carbons (Fsp3) is 0.818. The Hall–Kier alpha value is -0.106. The summed E-state index contributed by atoms with van der Waals surface area (Å²) in [6.07, 6.45) is 2.78. The minimum Gasteiger partial charge on any atom is -0.376 e. The summed E-state index contributed by atoms with van der Waals surface area (Å²) in [5.41, 5.74) is 0. The summed E-state index contributed by atoms with van der Waals surface area (Å²) in [5, 5.41) is 0. The van der Waals surface area contributed by atoms with Crippen LogP contribution in [0.1, 0.15) is 0 Å². The predicted molar refractivity (Wildman–Crippen MR) is 80.2 cm³/mol. The predicted octanol–water partition coefficient (Wildman–Crippen LogP) is 0.309. The van der Waals surface area contributed by atoms with E-state index < -0.39 is 17.6 Å². The molecule has 0 fully saturated rings. The molecule has 0 saturated heterocycles. The summed E-state index contributed by atoms with van der Waals surface area (Å²) >= 11 is 0. The van der Waals surface area contributed by atoms with E-state index in [9.17, 15) is 0 Å². The second-order valence-electron chi connectivity index (χ2n) is 4.05. The topological polar surface area (TPSA) is 58.6 Å². The zero-order chi connectivity index (χ0) is 15.6. The molecule has 7 nitrogen and oxygen atoms in total. The van der Waals surface area contributed by atoms with Crippen LogP contribution < -0.4 is 0 Å². The van der Waals surface area contributed by atoms with Crippen LogP contribution in [0.5, 0.6) is 0 Å². The van der Waals surface area contributed by atoms with Crippen molar-refractivity contribution in [3.63, 3.8) is 0 Å². The van der Waals surface area contributed by atoms with Gasteiger partial charge in [-0.2, -0.15) is 0 Å². The maximum Gasteiger partial charge on any atom is 0.514 e. The van der Waals surface area contributed by atoms with E-state index in [1.54, 1.807) is 48.7 Å². The van der Waals surface area contributed by atoms with Crippen LogP contribution in [-0.2, 0) is 26.6 Å². The van der Waals surface area contributed by atoms with Crippen molar-refractivity contribution in [3.05, 3.63) is 12.7 Å². The lowest BCUT2D eigenvalue weighted by molar-refractivity contribution is 0.0878. The number of hydrogen-bond donors (Lipinski definition) is 0. The van der Waals surface area contributed by atoms with Gasteiger partial charge in [0.05, 0.1) is 12.3 Å². The highest BCUT2D eigenvalue weighted by atomic mass is 28.4. The van der Waals surface area contributed by atoms with Gasteiger partial charge in [-0.3, -0.25) is 4.90 Å². The van der Waals surface area contributed by atoms with E-state index >= 15 is 0 Å². The molecule has 120 valence electrons. The average molecular weight is 326 g/mol. The van der Waals surface area contributed by atoms with Crippen molar-refractivity contribution in [2.75, 3.05) is 61.5 Å². The Morgan fingerprint density at radius 1 is 0.750 bits per heavy atom. The molecule has 0 unspecified atom stereocenters. The van der Waals surface area contributed by atoms with E-state index in [4.69, 9.17) is 26.6 Å². The molecule has 0 radical (unpaired) electrons. The lowest BCUT2D eigenvalue weighted by Gasteiger charge is -2.34. The molecule has 0 aromatic carbocycles. The van der Waals surface area contributed by atoms with Crippen LogP contribution in [0.25, 0.3) is 0 Å². The molecular weight excluding hydrogens is 298 g/mol. The molecule has 0 aromatic heterocycles. The first kappa shape index (κ1) is 19.9. The van der Waals surface area contributed by atoms with Crippen LogP contribution in [0.4, 0.5) is 0 Å². The fourth-order valence-electron chi connectivity index (χ4n) is 1.80. The number of rotatable bonds is 12. The largest absolute Gasteiger partial charge is 0.514 e. The second-order valence-corrected chi connectivity index (χ2v) is 9.86. The van der Waals surface area contributed by atoms with Crippen molar-refractivity contribution in [1.29, 1.82) is 0 Å². The molecule has 9 heteroatoms. The summed E-state index contributed by atoms with van der Waals surface area (Å²) in [6.45, 7) is 4.38. The highest BCUT2D eigenvalue weighted by Crippen LogP contribution is 2.13. The average Bonchev–Trinajstić information content (AvgIpc) is 2.50. The lowest BCUT2D eigenvalue weighted by Crippen LogP contribution is -2.59. The molecule has 0 heterocycles. The molecule has 0 aliphatic carbocycles. The smallest absolute Gasteiger partial charge is 0.376 e. The Morgan fingerprint density at radius 3 is 1.25 bits per heavy atom. The molecule has 0 N–H and O–H groups in total. The van der Waals surface area contributed by atoms with Crippen LogP contribution in [0.15, 0.2) is 12.7 Å². The Kier molecular flexibility index (Phi) is 9.71. The lowest BCUT2D eigenvalue weighted by atomic mass is 10.6. The van der Waals surface area contributed by atoms with E-state index in [0.29, 0.717) is 18.9 Å². The summed E-state index contributed by atoms with van der Waals surface area (Å²) in [4.78, 5) is 2.04. The van der Waals surface area contributed by atoms with Crippen molar-refractivity contribution in [1.82, 2.24) is 4.90 Å². The van der Waals surface area contributed by atoms with E-state index in [0.717, 1.165) is 0 Å². The van der Waals surface area contributed by atoms with Gasteiger partial charge < -0.3 is 26.6 Å². The van der Waals surface area contributed by atoms with E-state index in [1.165, 1.54) is 0 Å². The van der Waals surface area contributed by atoms with Gasteiger partial charge in [-0.15, -0.1) is 6.58 Å². The third kappa shape index (κ3) is 5.35. The summed E-state index contributed by atoms with van der Waals surface area (Å²) in [6, 6.07) is 0. The van der Waals surface area contributed by atoms with Gasteiger partial charge in [0, 0.05) is 49.2 Å². The van der Waals surface area contributed by atoms with Gasteiger partial charge in [0.2, 0.25) is 0 Å². The van der Waals surface area contributed by atoms with Crippen molar-refractivity contribution in [2.24, 2.45) is 0 Å². The second kappa shape index (κ2) is 9.76. The third-order valence-electron chi connectivity index (χ3n) is 3.09. The third-order valence-corrected chi connectivity index (χ3v) is 8.49. The molecule has 0 bridgehead atoms. The van der Waals surface area contributed by atoms with Gasteiger partial charge in [0.15, 0.2) is 0 Å². The number of nitrogens with zero attached hydrogens (tertiary/aromatic N) is 1. The van der Waals surface area contributed by atoms with E-state index in [2.05, 4.69) is 6.58 Å². The van der Waals surface area contributed by atoms with Crippen molar-refractivity contribution >= 4 is 17.6 Å². The standard InChI is InChI=1S/C11H27NO6Si2/c1-8-9-12(10-19(13-2,14-3)15-4)11-20(16-5,17-6)18-7/h8H,1,9-11H2,2-7H3. The summed E-state index contributed by atoms with van der Waals surface area (Å²) in [5.74, 6) is 0. The Bertz CT molecular complexity index is 235. The Morgan fingerprint density at radius 2 is 1.05 bits per heavy atom. The van der Waals surface area contributed by atoms with Gasteiger partial charge in [-0.05, 0) is 0 Å². The molecular formula is C11H27NO6Si2. The van der Waals surface area contributed by atoms with Crippen molar-refractivity contribution in [3.8, 4) is 0 Å². The zero-order valence-electron chi connectivity index (χ0n) is 13.3. The first-order chi connectivity index (χ1) is 9.50. The molecule has 0 amide bonds. The molecule has 0 aliphatic rings. The number of hydrogen-bond acceptors (Lipinski definition) is 7. The SMILES string of the molecule is C=CCN(C[Si](OC)(OC)OC)C[Si](OC)(OC)OC. The van der Waals surface area contributed by atoms with Gasteiger partial charge >= 0.3 is 17.6 Å². The first-order valence-corrected chi connectivity index (χ1v) is 10.0. The van der Waals surface area contributed by atoms with E-state index in [-0.39, 0.29) is 0 Å². The van der Waals surface area contributed by atoms with Crippen LogP contribution in [-0.4, -0.2) is 84.0 Å². The van der Waals surface area contributed by atoms with Crippen LogP contribution in [0.2, 0.25) is 0 Å². The Balaban J connectivity index is 5.00. The van der Waals surface area contributed by atoms with Crippen LogP contribution in [0, 0.1) is 0 Å².